The molecule has 3 heteroatoms. The van der Waals surface area contributed by atoms with Gasteiger partial charge in [0.2, 0.25) is 5.91 Å². The largest absolute Gasteiger partial charge is 0.392 e. The summed E-state index contributed by atoms with van der Waals surface area (Å²) in [7, 11) is 0. The van der Waals surface area contributed by atoms with E-state index in [1.165, 1.54) is 11.1 Å². The van der Waals surface area contributed by atoms with Crippen LogP contribution in [0.1, 0.15) is 22.3 Å². The van der Waals surface area contributed by atoms with Crippen LogP contribution >= 0.6 is 0 Å². The Morgan fingerprint density at radius 2 is 1.45 bits per heavy atom. The number of hydrogen-bond donors (Lipinski definition) is 1. The van der Waals surface area contributed by atoms with E-state index in [9.17, 15) is 4.79 Å². The van der Waals surface area contributed by atoms with Gasteiger partial charge in [-0.25, -0.2) is 0 Å². The van der Waals surface area contributed by atoms with Gasteiger partial charge in [0, 0.05) is 13.1 Å². The predicted molar refractivity (Wildman–Crippen MR) is 86.5 cm³/mol. The molecule has 0 radical (unpaired) electrons. The summed E-state index contributed by atoms with van der Waals surface area (Å²) in [5.74, 6) is 0.185. The van der Waals surface area contributed by atoms with Crippen LogP contribution < -0.4 is 0 Å². The van der Waals surface area contributed by atoms with Gasteiger partial charge in [-0.2, -0.15) is 0 Å². The number of fused-ring (bicyclic) bond motifs is 1. The topological polar surface area (TPSA) is 40.5 Å². The number of aliphatic hydroxyl groups is 1. The van der Waals surface area contributed by atoms with Crippen molar-refractivity contribution >= 4 is 5.91 Å². The van der Waals surface area contributed by atoms with Gasteiger partial charge < -0.3 is 10.0 Å². The SMILES string of the molecule is O=C(Cc1ccc(CO)cc1)N1CCc2ccccc2CC1. The number of aliphatic hydroxyl groups excluding tert-OH is 1. The first kappa shape index (κ1) is 14.8. The Hall–Kier alpha value is -2.13. The van der Waals surface area contributed by atoms with Crippen LogP contribution in [0.4, 0.5) is 0 Å². The highest BCUT2D eigenvalue weighted by molar-refractivity contribution is 5.79. The highest BCUT2D eigenvalue weighted by atomic mass is 16.3. The third kappa shape index (κ3) is 3.37. The van der Waals surface area contributed by atoms with Gasteiger partial charge in [-0.15, -0.1) is 0 Å². The second kappa shape index (κ2) is 6.75. The molecule has 2 aromatic carbocycles. The normalized spacial score (nSPS) is 14.3. The molecule has 1 aliphatic rings. The van der Waals surface area contributed by atoms with Gasteiger partial charge in [-0.05, 0) is 35.1 Å². The second-order valence-electron chi connectivity index (χ2n) is 5.80. The fourth-order valence-corrected chi connectivity index (χ4v) is 2.97. The standard InChI is InChI=1S/C19H21NO2/c21-14-16-7-5-15(6-8-16)13-19(22)20-11-9-17-3-1-2-4-18(17)10-12-20/h1-8,21H,9-14H2. The minimum absolute atomic E-state index is 0.0403. The number of nitrogens with zero attached hydrogens (tertiary/aromatic N) is 1. The van der Waals surface area contributed by atoms with Crippen molar-refractivity contribution in [2.75, 3.05) is 13.1 Å². The first-order chi connectivity index (χ1) is 10.8. The van der Waals surface area contributed by atoms with E-state index < -0.39 is 0 Å². The van der Waals surface area contributed by atoms with Gasteiger partial charge in [0.15, 0.2) is 0 Å². The second-order valence-corrected chi connectivity index (χ2v) is 5.80. The van der Waals surface area contributed by atoms with Gasteiger partial charge in [-0.1, -0.05) is 48.5 Å². The molecule has 0 bridgehead atoms. The van der Waals surface area contributed by atoms with Crippen LogP contribution in [0.5, 0.6) is 0 Å². The quantitative estimate of drug-likeness (QED) is 0.944. The van der Waals surface area contributed by atoms with Crippen LogP contribution in [0.3, 0.4) is 0 Å². The molecule has 3 rings (SSSR count). The molecule has 1 N–H and O–H groups in total. The Balaban J connectivity index is 1.63. The predicted octanol–water partition coefficient (Wildman–Crippen LogP) is 2.35. The molecule has 2 aromatic rings. The van der Waals surface area contributed by atoms with Gasteiger partial charge in [0.05, 0.1) is 13.0 Å². The van der Waals surface area contributed by atoms with E-state index in [-0.39, 0.29) is 12.5 Å². The van der Waals surface area contributed by atoms with Crippen molar-refractivity contribution in [1.82, 2.24) is 4.90 Å². The zero-order valence-electron chi connectivity index (χ0n) is 12.7. The highest BCUT2D eigenvalue weighted by Crippen LogP contribution is 2.16. The summed E-state index contributed by atoms with van der Waals surface area (Å²) in [6, 6.07) is 16.1. The molecule has 1 aliphatic heterocycles. The van der Waals surface area contributed by atoms with E-state index in [1.807, 2.05) is 29.2 Å². The van der Waals surface area contributed by atoms with E-state index in [2.05, 4.69) is 24.3 Å². The highest BCUT2D eigenvalue weighted by Gasteiger charge is 2.18. The lowest BCUT2D eigenvalue weighted by Gasteiger charge is -2.20. The Morgan fingerprint density at radius 3 is 2.00 bits per heavy atom. The third-order valence-electron chi connectivity index (χ3n) is 4.33. The summed E-state index contributed by atoms with van der Waals surface area (Å²) in [6.07, 6.45) is 2.30. The number of carbonyl (C=O) groups excluding carboxylic acids is 1. The van der Waals surface area contributed by atoms with E-state index in [1.54, 1.807) is 0 Å². The molecule has 1 amide bonds. The van der Waals surface area contributed by atoms with Crippen LogP contribution in [-0.2, 0) is 30.7 Å². The maximum atomic E-state index is 12.5. The van der Waals surface area contributed by atoms with Crippen LogP contribution in [0, 0.1) is 0 Å². The average molecular weight is 295 g/mol. The van der Waals surface area contributed by atoms with E-state index in [4.69, 9.17) is 5.11 Å². The Kier molecular flexibility index (Phi) is 4.54. The minimum Gasteiger partial charge on any atom is -0.392 e. The van der Waals surface area contributed by atoms with Crippen molar-refractivity contribution in [3.05, 3.63) is 70.8 Å². The van der Waals surface area contributed by atoms with Crippen molar-refractivity contribution in [2.24, 2.45) is 0 Å². The Labute approximate surface area is 131 Å². The maximum Gasteiger partial charge on any atom is 0.227 e. The van der Waals surface area contributed by atoms with Crippen LogP contribution in [-0.4, -0.2) is 29.0 Å². The van der Waals surface area contributed by atoms with Crippen LogP contribution in [0.25, 0.3) is 0 Å². The summed E-state index contributed by atoms with van der Waals surface area (Å²) in [4.78, 5) is 14.5. The lowest BCUT2D eigenvalue weighted by molar-refractivity contribution is -0.130. The van der Waals surface area contributed by atoms with E-state index in [0.717, 1.165) is 37.1 Å². The molecular formula is C19H21NO2. The van der Waals surface area contributed by atoms with Gasteiger partial charge in [0.25, 0.3) is 0 Å². The van der Waals surface area contributed by atoms with Crippen molar-refractivity contribution < 1.29 is 9.90 Å². The number of amides is 1. The van der Waals surface area contributed by atoms with Crippen molar-refractivity contribution in [2.45, 2.75) is 25.9 Å². The summed E-state index contributed by atoms with van der Waals surface area (Å²) >= 11 is 0. The first-order valence-corrected chi connectivity index (χ1v) is 7.79. The molecular weight excluding hydrogens is 274 g/mol. The number of carbonyl (C=O) groups is 1. The zero-order valence-corrected chi connectivity index (χ0v) is 12.7. The summed E-state index contributed by atoms with van der Waals surface area (Å²) in [6.45, 7) is 1.63. The molecule has 0 aromatic heterocycles. The van der Waals surface area contributed by atoms with Gasteiger partial charge in [0.1, 0.15) is 0 Å². The zero-order chi connectivity index (χ0) is 15.4. The molecule has 22 heavy (non-hydrogen) atoms. The summed E-state index contributed by atoms with van der Waals surface area (Å²) < 4.78 is 0. The molecule has 1 heterocycles. The molecule has 114 valence electrons. The molecule has 0 unspecified atom stereocenters. The molecule has 0 saturated heterocycles. The molecule has 0 fully saturated rings. The van der Waals surface area contributed by atoms with Crippen molar-refractivity contribution in [3.63, 3.8) is 0 Å². The monoisotopic (exact) mass is 295 g/mol. The molecule has 0 aliphatic carbocycles. The fraction of sp³-hybridized carbons (Fsp3) is 0.316. The third-order valence-corrected chi connectivity index (χ3v) is 4.33. The average Bonchev–Trinajstić information content (AvgIpc) is 2.78. The minimum atomic E-state index is 0.0403. The molecule has 0 atom stereocenters. The maximum absolute atomic E-state index is 12.5. The van der Waals surface area contributed by atoms with E-state index in [0.29, 0.717) is 6.42 Å². The number of benzene rings is 2. The molecule has 0 spiro atoms. The van der Waals surface area contributed by atoms with Crippen molar-refractivity contribution in [3.8, 4) is 0 Å². The number of hydrogen-bond acceptors (Lipinski definition) is 2. The lowest BCUT2D eigenvalue weighted by Crippen LogP contribution is -2.34. The fourth-order valence-electron chi connectivity index (χ4n) is 2.97. The smallest absolute Gasteiger partial charge is 0.227 e. The van der Waals surface area contributed by atoms with Crippen molar-refractivity contribution in [1.29, 1.82) is 0 Å². The van der Waals surface area contributed by atoms with E-state index >= 15 is 0 Å². The van der Waals surface area contributed by atoms with Crippen LogP contribution in [0.2, 0.25) is 0 Å². The first-order valence-electron chi connectivity index (χ1n) is 7.79. The van der Waals surface area contributed by atoms with Gasteiger partial charge in [-0.3, -0.25) is 4.79 Å². The Bertz CT molecular complexity index is 622. The number of rotatable bonds is 3. The molecule has 3 nitrogen and oxygen atoms in total. The van der Waals surface area contributed by atoms with Crippen LogP contribution in [0.15, 0.2) is 48.5 Å². The lowest BCUT2D eigenvalue weighted by atomic mass is 10.0. The molecule has 0 saturated carbocycles. The Morgan fingerprint density at radius 1 is 0.909 bits per heavy atom. The van der Waals surface area contributed by atoms with Gasteiger partial charge >= 0.3 is 0 Å². The summed E-state index contributed by atoms with van der Waals surface area (Å²) in [5.41, 5.74) is 4.61. The summed E-state index contributed by atoms with van der Waals surface area (Å²) in [5, 5.41) is 9.06.